The molecule has 0 aromatic carbocycles. The minimum atomic E-state index is -4.61. The van der Waals surface area contributed by atoms with Crippen molar-refractivity contribution < 1.29 is 31.1 Å². The molecule has 3 heterocycles. The molecule has 0 aliphatic heterocycles. The number of sulfonamides is 1. The molecule has 20 heteroatoms. The van der Waals surface area contributed by atoms with E-state index in [4.69, 9.17) is 9.47 Å². The molecular formula is C23H34N10O7S3. The van der Waals surface area contributed by atoms with Crippen LogP contribution in [0.4, 0.5) is 22.6 Å². The predicted octanol–water partition coefficient (Wildman–Crippen LogP) is 2.04. The second-order valence-electron chi connectivity index (χ2n) is 8.34. The summed E-state index contributed by atoms with van der Waals surface area (Å²) in [5, 5.41) is 8.27. The van der Waals surface area contributed by atoms with Crippen LogP contribution >= 0.6 is 11.8 Å². The summed E-state index contributed by atoms with van der Waals surface area (Å²) in [6, 6.07) is 2.79. The first kappa shape index (κ1) is 35.2. The van der Waals surface area contributed by atoms with Crippen LogP contribution in [0.2, 0.25) is 0 Å². The van der Waals surface area contributed by atoms with Gasteiger partial charge in [-0.15, -0.1) is 0 Å². The number of pyridine rings is 1. The predicted molar refractivity (Wildman–Crippen MR) is 161 cm³/mol. The second kappa shape index (κ2) is 16.0. The Labute approximate surface area is 254 Å². The number of urea groups is 1. The molecule has 0 atom stereocenters. The number of anilines is 3. The lowest BCUT2D eigenvalue weighted by atomic mass is 10.4. The number of carbonyl (C=O) groups is 1. The molecule has 0 spiro atoms. The van der Waals surface area contributed by atoms with Crippen LogP contribution in [0, 0.1) is 0 Å². The van der Waals surface area contributed by atoms with Gasteiger partial charge in [0.15, 0.2) is 20.0 Å². The largest absolute Gasteiger partial charge is 0.481 e. The van der Waals surface area contributed by atoms with E-state index in [9.17, 15) is 21.6 Å². The molecule has 236 valence electrons. The summed E-state index contributed by atoms with van der Waals surface area (Å²) in [6.45, 7) is 8.27. The first-order chi connectivity index (χ1) is 20.3. The molecule has 3 rings (SSSR count). The van der Waals surface area contributed by atoms with Gasteiger partial charge in [0.2, 0.25) is 29.6 Å². The first-order valence-corrected chi connectivity index (χ1v) is 16.9. The molecule has 2 amide bonds. The third-order valence-electron chi connectivity index (χ3n) is 4.81. The van der Waals surface area contributed by atoms with E-state index in [1.165, 1.54) is 45.0 Å². The van der Waals surface area contributed by atoms with Gasteiger partial charge < -0.3 is 20.1 Å². The molecule has 0 saturated carbocycles. The third kappa shape index (κ3) is 10.6. The number of aromatic nitrogens is 6. The fraction of sp³-hybridized carbons (Fsp3) is 0.435. The maximum atomic E-state index is 12.5. The summed E-state index contributed by atoms with van der Waals surface area (Å²) in [4.78, 5) is 35.6. The fourth-order valence-corrected chi connectivity index (χ4v) is 5.85. The van der Waals surface area contributed by atoms with Gasteiger partial charge in [-0.1, -0.05) is 18.7 Å². The number of nitrogens with one attached hydrogen (secondary N) is 4. The third-order valence-corrected chi connectivity index (χ3v) is 8.53. The van der Waals surface area contributed by atoms with E-state index in [0.29, 0.717) is 17.9 Å². The normalized spacial score (nSPS) is 11.2. The molecule has 3 aromatic heterocycles. The summed E-state index contributed by atoms with van der Waals surface area (Å²) in [5.74, 6) is 0.731. The average Bonchev–Trinajstić information content (AvgIpc) is 2.96. The topological polar surface area (TPSA) is 229 Å². The Morgan fingerprint density at radius 2 is 1.58 bits per heavy atom. The lowest BCUT2D eigenvalue weighted by Crippen LogP contribution is -2.36. The fourth-order valence-electron chi connectivity index (χ4n) is 2.94. The summed E-state index contributed by atoms with van der Waals surface area (Å²) < 4.78 is 60.7. The Bertz CT molecular complexity index is 1580. The van der Waals surface area contributed by atoms with Crippen molar-refractivity contribution in [2.45, 2.75) is 48.8 Å². The molecule has 0 aliphatic carbocycles. The van der Waals surface area contributed by atoms with Crippen molar-refractivity contribution in [3.63, 3.8) is 0 Å². The van der Waals surface area contributed by atoms with Crippen LogP contribution in [0.3, 0.4) is 0 Å². The van der Waals surface area contributed by atoms with E-state index in [0.717, 1.165) is 24.0 Å². The highest BCUT2D eigenvalue weighted by Gasteiger charge is 2.28. The van der Waals surface area contributed by atoms with Gasteiger partial charge in [0.05, 0.1) is 26.0 Å². The van der Waals surface area contributed by atoms with Crippen molar-refractivity contribution in [2.75, 3.05) is 48.7 Å². The van der Waals surface area contributed by atoms with E-state index >= 15 is 0 Å². The van der Waals surface area contributed by atoms with E-state index in [2.05, 4.69) is 59.7 Å². The lowest BCUT2D eigenvalue weighted by molar-refractivity contribution is 0.256. The van der Waals surface area contributed by atoms with Gasteiger partial charge in [0.25, 0.3) is 10.0 Å². The van der Waals surface area contributed by atoms with Gasteiger partial charge in [0.1, 0.15) is 4.90 Å². The van der Waals surface area contributed by atoms with E-state index in [1.54, 1.807) is 4.72 Å². The molecule has 17 nitrogen and oxygen atoms in total. The van der Waals surface area contributed by atoms with Crippen molar-refractivity contribution in [1.29, 1.82) is 0 Å². The molecule has 0 unspecified atom stereocenters. The van der Waals surface area contributed by atoms with Gasteiger partial charge >= 0.3 is 6.03 Å². The number of hydrogen-bond acceptors (Lipinski definition) is 16. The van der Waals surface area contributed by atoms with Gasteiger partial charge in [0, 0.05) is 18.8 Å². The number of sulfone groups is 1. The summed E-state index contributed by atoms with van der Waals surface area (Å²) in [6.07, 6.45) is 3.04. The molecule has 0 aliphatic rings. The monoisotopic (exact) mass is 658 g/mol. The Hall–Kier alpha value is -4.04. The standard InChI is InChI=1S/C14H17N5O7S2.C9H17N5S/c1-4-27(21,22)9-6-5-7-15-12(9)28(23,24)19-14(20)18-13-16-10(25-2)8-11(17-13)26-3;1-5-10-7-12-8(11-6(2)3)14-9(13-7)15-4/h5-8H,4H2,1-3H3,(H2,16,17,18,19,20);6H,5H2,1-4H3,(H2,10,11,12,13,14). The van der Waals surface area contributed by atoms with Crippen molar-refractivity contribution in [2.24, 2.45) is 0 Å². The molecule has 3 aromatic rings. The van der Waals surface area contributed by atoms with Crippen LogP contribution in [0.1, 0.15) is 27.7 Å². The minimum absolute atomic E-state index is 0.0612. The molecule has 4 N–H and O–H groups in total. The summed E-state index contributed by atoms with van der Waals surface area (Å²) >= 11 is 1.51. The van der Waals surface area contributed by atoms with Crippen LogP contribution in [0.5, 0.6) is 11.8 Å². The number of carbonyl (C=O) groups excluding carboxylic acids is 1. The van der Waals surface area contributed by atoms with Gasteiger partial charge in [-0.05, 0) is 39.2 Å². The van der Waals surface area contributed by atoms with Gasteiger partial charge in [-0.3, -0.25) is 5.32 Å². The molecule has 0 bridgehead atoms. The zero-order valence-corrected chi connectivity index (χ0v) is 27.0. The van der Waals surface area contributed by atoms with Crippen LogP contribution < -0.4 is 30.1 Å². The Morgan fingerprint density at radius 1 is 0.953 bits per heavy atom. The number of ether oxygens (including phenoxy) is 2. The molecular weight excluding hydrogens is 625 g/mol. The van der Waals surface area contributed by atoms with E-state index in [1.807, 2.05) is 13.2 Å². The lowest BCUT2D eigenvalue weighted by Gasteiger charge is -2.11. The van der Waals surface area contributed by atoms with Crippen molar-refractivity contribution in [3.8, 4) is 11.8 Å². The molecule has 0 radical (unpaired) electrons. The molecule has 43 heavy (non-hydrogen) atoms. The first-order valence-electron chi connectivity index (χ1n) is 12.6. The maximum absolute atomic E-state index is 12.5. The highest BCUT2D eigenvalue weighted by Crippen LogP contribution is 2.20. The van der Waals surface area contributed by atoms with E-state index in [-0.39, 0.29) is 23.5 Å². The van der Waals surface area contributed by atoms with Crippen molar-refractivity contribution in [1.82, 2.24) is 34.6 Å². The SMILES string of the molecule is CCNc1nc(NC(C)C)nc(SC)n1.CCS(=O)(=O)c1cccnc1S(=O)(=O)NC(=O)Nc1nc(OC)cc(OC)n1. The Kier molecular flexibility index (Phi) is 13.1. The number of amides is 2. The number of methoxy groups -OCH3 is 2. The number of rotatable bonds is 12. The van der Waals surface area contributed by atoms with E-state index < -0.39 is 35.8 Å². The zero-order valence-electron chi connectivity index (χ0n) is 24.6. The highest BCUT2D eigenvalue weighted by molar-refractivity contribution is 7.98. The minimum Gasteiger partial charge on any atom is -0.481 e. The number of hydrogen-bond donors (Lipinski definition) is 4. The molecule has 0 fully saturated rings. The highest BCUT2D eigenvalue weighted by atomic mass is 32.2. The number of nitrogens with zero attached hydrogens (tertiary/aromatic N) is 6. The molecule has 0 saturated heterocycles. The smallest absolute Gasteiger partial charge is 0.335 e. The van der Waals surface area contributed by atoms with Crippen LogP contribution in [-0.2, 0) is 19.9 Å². The van der Waals surface area contributed by atoms with Crippen LogP contribution in [0.25, 0.3) is 0 Å². The number of thioether (sulfide) groups is 1. The van der Waals surface area contributed by atoms with Crippen molar-refractivity contribution in [3.05, 3.63) is 24.4 Å². The Morgan fingerprint density at radius 3 is 2.12 bits per heavy atom. The van der Waals surface area contributed by atoms with Crippen molar-refractivity contribution >= 4 is 55.5 Å². The average molecular weight is 659 g/mol. The maximum Gasteiger partial charge on any atom is 0.335 e. The second-order valence-corrected chi connectivity index (χ2v) is 13.0. The summed E-state index contributed by atoms with van der Waals surface area (Å²) in [7, 11) is -5.85. The van der Waals surface area contributed by atoms with Crippen LogP contribution in [0.15, 0.2) is 39.5 Å². The Balaban J connectivity index is 0.000000362. The zero-order chi connectivity index (χ0) is 32.2. The van der Waals surface area contributed by atoms with Crippen LogP contribution in [-0.4, -0.2) is 91.6 Å². The quantitative estimate of drug-likeness (QED) is 0.204. The summed E-state index contributed by atoms with van der Waals surface area (Å²) in [5.41, 5.74) is 0. The van der Waals surface area contributed by atoms with Gasteiger partial charge in [-0.25, -0.2) is 22.9 Å². The van der Waals surface area contributed by atoms with Gasteiger partial charge in [-0.2, -0.15) is 33.3 Å².